The first kappa shape index (κ1) is 35.0. The monoisotopic (exact) mass is 589 g/mol. The molecule has 0 saturated carbocycles. The van der Waals surface area contributed by atoms with E-state index >= 15 is 0 Å². The van der Waals surface area contributed by atoms with Crippen LogP contribution in [0.3, 0.4) is 0 Å². The Balaban J connectivity index is 2.06. The van der Waals surface area contributed by atoms with Gasteiger partial charge < -0.3 is 45.9 Å². The van der Waals surface area contributed by atoms with Crippen LogP contribution in [-0.2, 0) is 22.3 Å². The maximum Gasteiger partial charge on any atom is 0.408 e. The predicted molar refractivity (Wildman–Crippen MR) is 159 cm³/mol. The fraction of sp³-hybridized carbons (Fsp3) is 0.548. The second-order valence-corrected chi connectivity index (χ2v) is 11.9. The highest BCUT2D eigenvalue weighted by atomic mass is 16.6. The van der Waals surface area contributed by atoms with Gasteiger partial charge in [0.25, 0.3) is 0 Å². The van der Waals surface area contributed by atoms with Crippen molar-refractivity contribution in [3.05, 3.63) is 71.8 Å². The maximum atomic E-state index is 12.7. The lowest BCUT2D eigenvalue weighted by molar-refractivity contribution is -0.0788. The first-order chi connectivity index (χ1) is 19.7. The molecule has 0 bridgehead atoms. The van der Waals surface area contributed by atoms with E-state index < -0.39 is 60.4 Å². The Morgan fingerprint density at radius 3 is 1.50 bits per heavy atom. The second-order valence-electron chi connectivity index (χ2n) is 11.9. The summed E-state index contributed by atoms with van der Waals surface area (Å²) in [5.74, 6) is 0. The summed E-state index contributed by atoms with van der Waals surface area (Å²) in [5, 5.41) is 49.7. The number of amides is 2. The molecule has 0 fully saturated rings. The number of aliphatic hydroxyl groups is 4. The van der Waals surface area contributed by atoms with E-state index in [4.69, 9.17) is 9.47 Å². The van der Waals surface area contributed by atoms with Crippen molar-refractivity contribution in [1.29, 1.82) is 0 Å². The summed E-state index contributed by atoms with van der Waals surface area (Å²) in [5.41, 5.74) is -0.293. The first-order valence-corrected chi connectivity index (χ1v) is 14.1. The molecule has 5 atom stereocenters. The molecule has 11 nitrogen and oxygen atoms in total. The van der Waals surface area contributed by atoms with Crippen molar-refractivity contribution in [3.63, 3.8) is 0 Å². The van der Waals surface area contributed by atoms with Crippen molar-refractivity contribution in [2.24, 2.45) is 0 Å². The lowest BCUT2D eigenvalue weighted by atomic mass is 10.00. The van der Waals surface area contributed by atoms with E-state index in [9.17, 15) is 30.0 Å². The molecule has 2 rings (SSSR count). The van der Waals surface area contributed by atoms with Crippen LogP contribution in [0.15, 0.2) is 60.7 Å². The molecule has 0 aliphatic carbocycles. The van der Waals surface area contributed by atoms with Crippen molar-refractivity contribution < 1.29 is 39.5 Å². The van der Waals surface area contributed by atoms with Crippen LogP contribution < -0.4 is 16.0 Å². The Morgan fingerprint density at radius 2 is 1.12 bits per heavy atom. The van der Waals surface area contributed by atoms with Crippen molar-refractivity contribution in [2.75, 3.05) is 19.7 Å². The minimum atomic E-state index is -1.36. The molecule has 0 spiro atoms. The molecule has 0 unspecified atom stereocenters. The zero-order valence-corrected chi connectivity index (χ0v) is 25.1. The summed E-state index contributed by atoms with van der Waals surface area (Å²) >= 11 is 0. The van der Waals surface area contributed by atoms with Crippen LogP contribution in [0.25, 0.3) is 0 Å². The van der Waals surface area contributed by atoms with Gasteiger partial charge in [0.05, 0.1) is 30.9 Å². The number of carbonyl (C=O) groups is 2. The highest BCUT2D eigenvalue weighted by Gasteiger charge is 2.33. The van der Waals surface area contributed by atoms with Crippen LogP contribution in [0.4, 0.5) is 9.59 Å². The highest BCUT2D eigenvalue weighted by molar-refractivity contribution is 5.68. The van der Waals surface area contributed by atoms with Crippen LogP contribution in [0.1, 0.15) is 45.7 Å². The van der Waals surface area contributed by atoms with Crippen molar-refractivity contribution >= 4 is 12.2 Å². The fourth-order valence-corrected chi connectivity index (χ4v) is 4.13. The van der Waals surface area contributed by atoms with Gasteiger partial charge in [0.15, 0.2) is 0 Å². The summed E-state index contributed by atoms with van der Waals surface area (Å²) in [6.07, 6.45) is -4.30. The van der Waals surface area contributed by atoms with E-state index in [1.807, 2.05) is 60.7 Å². The zero-order valence-electron chi connectivity index (χ0n) is 25.1. The Hall–Kier alpha value is -3.22. The van der Waals surface area contributed by atoms with Gasteiger partial charge >= 0.3 is 12.2 Å². The molecular weight excluding hydrogens is 542 g/mol. The van der Waals surface area contributed by atoms with Crippen LogP contribution >= 0.6 is 0 Å². The molecule has 0 aliphatic rings. The summed E-state index contributed by atoms with van der Waals surface area (Å²) in [4.78, 5) is 25.2. The number of hydrogen-bond acceptors (Lipinski definition) is 9. The van der Waals surface area contributed by atoms with Gasteiger partial charge in [0, 0.05) is 13.1 Å². The van der Waals surface area contributed by atoms with E-state index in [2.05, 4.69) is 16.0 Å². The molecule has 0 saturated heterocycles. The van der Waals surface area contributed by atoms with Gasteiger partial charge in [-0.3, -0.25) is 0 Å². The molecule has 2 amide bonds. The summed E-state index contributed by atoms with van der Waals surface area (Å²) in [6, 6.07) is 17.2. The Morgan fingerprint density at radius 1 is 0.714 bits per heavy atom. The predicted octanol–water partition coefficient (Wildman–Crippen LogP) is 1.90. The summed E-state index contributed by atoms with van der Waals surface area (Å²) in [6.45, 7) is 7.64. The van der Waals surface area contributed by atoms with Crippen molar-refractivity contribution in [2.45, 2.75) is 89.1 Å². The number of nitrogens with one attached hydrogen (secondary N) is 3. The standard InChI is InChI=1S/C31H47N3O8/c1-30(2,3)41-28(39)33-23(16-21-12-8-6-9-13-21)25(36)18-32-19-26(37)24(17-22-14-10-7-11-15-22)34-29(40)42-31(4,5)27(38)20-35/h6-15,23-27,32,35-38H,16-20H2,1-5H3,(H,33,39)(H,34,40)/t23-,24-,25+,26+,27+/m0/s1. The second kappa shape index (κ2) is 16.4. The van der Waals surface area contributed by atoms with Crippen LogP contribution in [0.5, 0.6) is 0 Å². The minimum Gasteiger partial charge on any atom is -0.444 e. The van der Waals surface area contributed by atoms with Crippen molar-refractivity contribution in [1.82, 2.24) is 16.0 Å². The Labute approximate surface area is 248 Å². The largest absolute Gasteiger partial charge is 0.444 e. The lowest BCUT2D eigenvalue weighted by Gasteiger charge is -2.31. The van der Waals surface area contributed by atoms with Crippen LogP contribution in [0, 0.1) is 0 Å². The molecule has 42 heavy (non-hydrogen) atoms. The third kappa shape index (κ3) is 12.7. The molecule has 0 aliphatic heterocycles. The SMILES string of the molecule is CC(C)(C)OC(=O)N[C@@H](Cc1ccccc1)[C@H](O)CNC[C@@H](O)[C@H](Cc1ccccc1)NC(=O)OC(C)(C)[C@H](O)CO. The number of benzene rings is 2. The van der Waals surface area contributed by atoms with Gasteiger partial charge in [0.1, 0.15) is 17.3 Å². The molecule has 2 aromatic carbocycles. The van der Waals surface area contributed by atoms with E-state index in [1.54, 1.807) is 20.8 Å². The van der Waals surface area contributed by atoms with E-state index in [0.717, 1.165) is 11.1 Å². The number of alkyl carbamates (subject to hydrolysis) is 2. The lowest BCUT2D eigenvalue weighted by Crippen LogP contribution is -2.54. The van der Waals surface area contributed by atoms with E-state index in [1.165, 1.54) is 13.8 Å². The Kier molecular flexibility index (Phi) is 13.7. The van der Waals surface area contributed by atoms with Gasteiger partial charge in [-0.05, 0) is 58.6 Å². The molecule has 7 N–H and O–H groups in total. The van der Waals surface area contributed by atoms with Crippen LogP contribution in [-0.4, -0.2) is 93.9 Å². The normalized spacial score (nSPS) is 15.5. The molecule has 0 radical (unpaired) electrons. The van der Waals surface area contributed by atoms with Gasteiger partial charge in [-0.2, -0.15) is 0 Å². The molecule has 234 valence electrons. The number of rotatable bonds is 15. The molecular formula is C31H47N3O8. The molecule has 0 aromatic heterocycles. The number of aliphatic hydroxyl groups excluding tert-OH is 4. The van der Waals surface area contributed by atoms with Gasteiger partial charge in [-0.15, -0.1) is 0 Å². The van der Waals surface area contributed by atoms with Gasteiger partial charge in [-0.25, -0.2) is 9.59 Å². The van der Waals surface area contributed by atoms with Gasteiger partial charge in [0.2, 0.25) is 0 Å². The molecule has 2 aromatic rings. The average Bonchev–Trinajstić information content (AvgIpc) is 2.91. The maximum absolute atomic E-state index is 12.7. The zero-order chi connectivity index (χ0) is 31.3. The van der Waals surface area contributed by atoms with Crippen molar-refractivity contribution in [3.8, 4) is 0 Å². The summed E-state index contributed by atoms with van der Waals surface area (Å²) < 4.78 is 10.7. The molecule has 0 heterocycles. The number of hydrogen-bond donors (Lipinski definition) is 7. The van der Waals surface area contributed by atoms with E-state index in [-0.39, 0.29) is 19.5 Å². The van der Waals surface area contributed by atoms with E-state index in [0.29, 0.717) is 6.42 Å². The highest BCUT2D eigenvalue weighted by Crippen LogP contribution is 2.16. The topological polar surface area (TPSA) is 170 Å². The Bertz CT molecular complexity index is 1080. The van der Waals surface area contributed by atoms with Crippen LogP contribution in [0.2, 0.25) is 0 Å². The van der Waals surface area contributed by atoms with Gasteiger partial charge in [-0.1, -0.05) is 60.7 Å². The number of carbonyl (C=O) groups excluding carboxylic acids is 2. The average molecular weight is 590 g/mol. The fourth-order valence-electron chi connectivity index (χ4n) is 4.13. The third-order valence-electron chi connectivity index (χ3n) is 6.57. The first-order valence-electron chi connectivity index (χ1n) is 14.1. The molecule has 11 heteroatoms. The minimum absolute atomic E-state index is 0.00198. The smallest absolute Gasteiger partial charge is 0.408 e. The third-order valence-corrected chi connectivity index (χ3v) is 6.57. The number of ether oxygens (including phenoxy) is 2. The quantitative estimate of drug-likeness (QED) is 0.164. The summed E-state index contributed by atoms with van der Waals surface area (Å²) in [7, 11) is 0.